The smallest absolute Gasteiger partial charge is 0.267 e. The molecule has 0 aliphatic carbocycles. The maximum Gasteiger partial charge on any atom is 0.267 e. The normalized spacial score (nSPS) is 11.4. The second-order valence-electron chi connectivity index (χ2n) is 5.11. The minimum absolute atomic E-state index is 0.580. The van der Waals surface area contributed by atoms with Crippen LogP contribution in [0.15, 0.2) is 24.3 Å². The molecule has 0 aromatic rings. The second kappa shape index (κ2) is 6.67. The van der Waals surface area contributed by atoms with Gasteiger partial charge in [-0.1, -0.05) is 12.2 Å². The van der Waals surface area contributed by atoms with E-state index in [0.717, 1.165) is 11.1 Å². The number of allylic oxidation sites excluding steroid dienone is 1. The van der Waals surface area contributed by atoms with Crippen molar-refractivity contribution in [2.24, 2.45) is 0 Å². The molecule has 0 saturated heterocycles. The van der Waals surface area contributed by atoms with Crippen LogP contribution >= 0.6 is 0 Å². The van der Waals surface area contributed by atoms with Gasteiger partial charge in [-0.2, -0.15) is 8.42 Å². The van der Waals surface area contributed by atoms with Gasteiger partial charge >= 0.3 is 0 Å². The van der Waals surface area contributed by atoms with E-state index in [0.29, 0.717) is 5.57 Å². The predicted molar refractivity (Wildman–Crippen MR) is 75.1 cm³/mol. The Bertz CT molecular complexity index is 530. The average Bonchev–Trinajstić information content (AvgIpc) is 2.20. The Balaban J connectivity index is 5.36. The zero-order chi connectivity index (χ0) is 16.1. The van der Waals surface area contributed by atoms with Crippen LogP contribution in [0.25, 0.3) is 0 Å². The lowest BCUT2D eigenvalue weighted by Gasteiger charge is -2.36. The van der Waals surface area contributed by atoms with Gasteiger partial charge in [-0.15, -0.1) is 0 Å². The van der Waals surface area contributed by atoms with E-state index in [-0.39, 0.29) is 0 Å². The number of rotatable bonds is 5. The average molecular weight is 304 g/mol. The molecule has 20 heavy (non-hydrogen) atoms. The molecule has 114 valence electrons. The molecule has 0 bridgehead atoms. The largest absolute Gasteiger partial charge is 0.285 e. The molecule has 2 N–H and O–H groups in total. The highest BCUT2D eigenvalue weighted by Gasteiger charge is 2.35. The summed E-state index contributed by atoms with van der Waals surface area (Å²) in [5.41, 5.74) is 1.65. The van der Waals surface area contributed by atoms with Gasteiger partial charge in [-0.3, -0.25) is 19.6 Å². The molecule has 0 spiro atoms. The number of carbonyl (C=O) groups excluding carboxylic acids is 2. The Morgan fingerprint density at radius 1 is 1.35 bits per heavy atom. The summed E-state index contributed by atoms with van der Waals surface area (Å²) in [5.74, 6) is -1.99. The van der Waals surface area contributed by atoms with Crippen molar-refractivity contribution < 1.29 is 22.6 Å². The van der Waals surface area contributed by atoms with Crippen molar-refractivity contribution in [3.8, 4) is 0 Å². The van der Waals surface area contributed by atoms with Crippen molar-refractivity contribution in [2.45, 2.75) is 33.2 Å². The molecule has 0 aliphatic rings. The summed E-state index contributed by atoms with van der Waals surface area (Å²) in [6.45, 7) is 9.47. The lowest BCUT2D eigenvalue weighted by molar-refractivity contribution is -0.141. The van der Waals surface area contributed by atoms with E-state index in [1.807, 2.05) is 0 Å². The van der Waals surface area contributed by atoms with E-state index < -0.39 is 33.2 Å². The van der Waals surface area contributed by atoms with Gasteiger partial charge in [0.15, 0.2) is 0 Å². The first-order valence-corrected chi connectivity index (χ1v) is 7.37. The molecule has 0 unspecified atom stereocenters. The third-order valence-corrected chi connectivity index (χ3v) is 3.25. The van der Waals surface area contributed by atoms with Crippen molar-refractivity contribution in [3.63, 3.8) is 0 Å². The zero-order valence-electron chi connectivity index (χ0n) is 12.0. The molecule has 0 aromatic carbocycles. The third-order valence-electron chi connectivity index (χ3n) is 2.18. The fourth-order valence-corrected chi connectivity index (χ4v) is 2.53. The molecule has 0 saturated carbocycles. The Kier molecular flexibility index (Phi) is 6.11. The van der Waals surface area contributed by atoms with E-state index >= 15 is 0 Å². The number of amides is 2. The van der Waals surface area contributed by atoms with Gasteiger partial charge in [0.2, 0.25) is 0 Å². The SMILES string of the molecule is C=CC(=O)N(NC(=O)C=C(C)C)C(C)(C)CS(=O)(=O)O. The van der Waals surface area contributed by atoms with Crippen LogP contribution in [0.4, 0.5) is 0 Å². The van der Waals surface area contributed by atoms with E-state index in [4.69, 9.17) is 4.55 Å². The van der Waals surface area contributed by atoms with Crippen LogP contribution < -0.4 is 5.43 Å². The molecule has 0 radical (unpaired) electrons. The molecular formula is C12H20N2O5S. The topological polar surface area (TPSA) is 104 Å². The molecule has 0 heterocycles. The van der Waals surface area contributed by atoms with E-state index in [1.165, 1.54) is 19.9 Å². The molecule has 7 nitrogen and oxygen atoms in total. The fourth-order valence-electron chi connectivity index (χ4n) is 1.51. The van der Waals surface area contributed by atoms with Crippen molar-refractivity contribution in [1.29, 1.82) is 0 Å². The lowest BCUT2D eigenvalue weighted by atomic mass is 10.1. The predicted octanol–water partition coefficient (Wildman–Crippen LogP) is 0.665. The first-order chi connectivity index (χ1) is 8.89. The summed E-state index contributed by atoms with van der Waals surface area (Å²) < 4.78 is 30.9. The van der Waals surface area contributed by atoms with E-state index in [2.05, 4.69) is 12.0 Å². The Morgan fingerprint density at radius 3 is 2.20 bits per heavy atom. The highest BCUT2D eigenvalue weighted by molar-refractivity contribution is 7.85. The van der Waals surface area contributed by atoms with E-state index in [1.54, 1.807) is 13.8 Å². The second-order valence-corrected chi connectivity index (χ2v) is 6.57. The van der Waals surface area contributed by atoms with Gasteiger partial charge < -0.3 is 0 Å². The van der Waals surface area contributed by atoms with Crippen LogP contribution in [0, 0.1) is 0 Å². The highest BCUT2D eigenvalue weighted by Crippen LogP contribution is 2.15. The van der Waals surface area contributed by atoms with Crippen LogP contribution in [0.5, 0.6) is 0 Å². The number of hydrogen-bond acceptors (Lipinski definition) is 4. The van der Waals surface area contributed by atoms with Gasteiger partial charge in [0.1, 0.15) is 5.75 Å². The number of hydrogen-bond donors (Lipinski definition) is 2. The Labute approximate surface area is 119 Å². The molecule has 2 amide bonds. The summed E-state index contributed by atoms with van der Waals surface area (Å²) in [5, 5.41) is 0.829. The minimum atomic E-state index is -4.32. The quantitative estimate of drug-likeness (QED) is 0.441. The lowest BCUT2D eigenvalue weighted by Crippen LogP contribution is -2.59. The van der Waals surface area contributed by atoms with Crippen LogP contribution in [-0.2, 0) is 19.7 Å². The van der Waals surface area contributed by atoms with Crippen LogP contribution in [0.1, 0.15) is 27.7 Å². The summed E-state index contributed by atoms with van der Waals surface area (Å²) in [4.78, 5) is 23.4. The first kappa shape index (κ1) is 18.3. The maximum absolute atomic E-state index is 11.8. The highest BCUT2D eigenvalue weighted by atomic mass is 32.2. The molecule has 0 atom stereocenters. The summed E-state index contributed by atoms with van der Waals surface area (Å²) >= 11 is 0. The van der Waals surface area contributed by atoms with Crippen molar-refractivity contribution in [3.05, 3.63) is 24.3 Å². The summed E-state index contributed by atoms with van der Waals surface area (Å²) in [6, 6.07) is 0. The maximum atomic E-state index is 11.8. The fraction of sp³-hybridized carbons (Fsp3) is 0.500. The van der Waals surface area contributed by atoms with Crippen LogP contribution in [0.3, 0.4) is 0 Å². The van der Waals surface area contributed by atoms with E-state index in [9.17, 15) is 18.0 Å². The molecule has 0 fully saturated rings. The van der Waals surface area contributed by atoms with Crippen LogP contribution in [0.2, 0.25) is 0 Å². The van der Waals surface area contributed by atoms with Crippen LogP contribution in [-0.4, -0.2) is 41.1 Å². The number of carbonyl (C=O) groups is 2. The number of hydrazine groups is 1. The standard InChI is InChI=1S/C12H20N2O5S/c1-6-11(16)14(13-10(15)7-9(2)3)12(4,5)8-20(17,18)19/h6-7H,1,8H2,2-5H3,(H,13,15)(H,17,18,19). The molecule has 0 aromatic heterocycles. The monoisotopic (exact) mass is 304 g/mol. The third kappa shape index (κ3) is 6.48. The number of nitrogens with one attached hydrogen (secondary N) is 1. The van der Waals surface area contributed by atoms with Gasteiger partial charge in [-0.05, 0) is 33.8 Å². The summed E-state index contributed by atoms with van der Waals surface area (Å²) in [7, 11) is -4.32. The van der Waals surface area contributed by atoms with Gasteiger partial charge in [0.25, 0.3) is 21.9 Å². The molecule has 8 heteroatoms. The Morgan fingerprint density at radius 2 is 1.85 bits per heavy atom. The Hall–Kier alpha value is -1.67. The number of nitrogens with zero attached hydrogens (tertiary/aromatic N) is 1. The zero-order valence-corrected chi connectivity index (χ0v) is 12.8. The van der Waals surface area contributed by atoms with Crippen molar-refractivity contribution in [2.75, 3.05) is 5.75 Å². The summed E-state index contributed by atoms with van der Waals surface area (Å²) in [6.07, 6.45) is 2.20. The van der Waals surface area contributed by atoms with Gasteiger partial charge in [0, 0.05) is 6.08 Å². The minimum Gasteiger partial charge on any atom is -0.285 e. The van der Waals surface area contributed by atoms with Crippen molar-refractivity contribution in [1.82, 2.24) is 10.4 Å². The first-order valence-electron chi connectivity index (χ1n) is 5.76. The molecule has 0 aliphatic heterocycles. The van der Waals surface area contributed by atoms with Gasteiger partial charge in [0.05, 0.1) is 5.54 Å². The molecular weight excluding hydrogens is 284 g/mol. The van der Waals surface area contributed by atoms with Gasteiger partial charge in [-0.25, -0.2) is 5.01 Å². The molecule has 0 rings (SSSR count). The van der Waals surface area contributed by atoms with Crippen molar-refractivity contribution >= 4 is 21.9 Å².